The molecule has 1 aliphatic heterocycles. The number of aliphatic hydroxyl groups excluding tert-OH is 1. The fourth-order valence-electron chi connectivity index (χ4n) is 4.64. The van der Waals surface area contributed by atoms with E-state index in [0.717, 1.165) is 42.8 Å². The van der Waals surface area contributed by atoms with Crippen LogP contribution in [0.1, 0.15) is 53.4 Å². The Labute approximate surface area is 193 Å². The lowest BCUT2D eigenvalue weighted by molar-refractivity contribution is 0.0511. The molecule has 0 radical (unpaired) electrons. The van der Waals surface area contributed by atoms with Crippen LogP contribution in [0.25, 0.3) is 0 Å². The van der Waals surface area contributed by atoms with Gasteiger partial charge in [0.1, 0.15) is 0 Å². The van der Waals surface area contributed by atoms with Crippen LogP contribution in [0.4, 0.5) is 0 Å². The molecule has 1 fully saturated rings. The Balaban J connectivity index is 1.25. The molecule has 1 aliphatic rings. The van der Waals surface area contributed by atoms with Gasteiger partial charge in [0.05, 0.1) is 24.3 Å². The van der Waals surface area contributed by atoms with Crippen molar-refractivity contribution in [3.05, 3.63) is 114 Å². The predicted octanol–water partition coefficient (Wildman–Crippen LogP) is 4.59. The SMILES string of the molecule is O[C@H](c1ccccn1)C1CCN(Cc2nc(C(c3ccccc3)c3ccccc3)no2)CC1. The van der Waals surface area contributed by atoms with Gasteiger partial charge in [0.15, 0.2) is 5.82 Å². The lowest BCUT2D eigenvalue weighted by Crippen LogP contribution is -2.35. The second kappa shape index (κ2) is 10.1. The Hall–Kier alpha value is -3.35. The van der Waals surface area contributed by atoms with Crippen LogP contribution in [0.15, 0.2) is 89.6 Å². The fourth-order valence-corrected chi connectivity index (χ4v) is 4.64. The van der Waals surface area contributed by atoms with E-state index in [-0.39, 0.29) is 11.8 Å². The molecular weight excluding hydrogens is 412 g/mol. The Morgan fingerprint density at radius 3 is 2.12 bits per heavy atom. The van der Waals surface area contributed by atoms with Crippen molar-refractivity contribution >= 4 is 0 Å². The summed E-state index contributed by atoms with van der Waals surface area (Å²) in [6.07, 6.45) is 3.05. The molecule has 0 amide bonds. The van der Waals surface area contributed by atoms with Crippen LogP contribution < -0.4 is 0 Å². The number of benzene rings is 2. The number of likely N-dealkylation sites (tertiary alicyclic amines) is 1. The van der Waals surface area contributed by atoms with E-state index in [9.17, 15) is 5.11 Å². The van der Waals surface area contributed by atoms with Crippen molar-refractivity contribution in [2.75, 3.05) is 13.1 Å². The fraction of sp³-hybridized carbons (Fsp3) is 0.296. The highest BCUT2D eigenvalue weighted by atomic mass is 16.5. The molecule has 0 saturated carbocycles. The van der Waals surface area contributed by atoms with E-state index in [4.69, 9.17) is 9.51 Å². The summed E-state index contributed by atoms with van der Waals surface area (Å²) in [4.78, 5) is 11.4. The van der Waals surface area contributed by atoms with E-state index in [1.807, 2.05) is 54.6 Å². The van der Waals surface area contributed by atoms with Crippen LogP contribution in [0, 0.1) is 5.92 Å². The molecule has 6 nitrogen and oxygen atoms in total. The Kier molecular flexibility index (Phi) is 6.56. The summed E-state index contributed by atoms with van der Waals surface area (Å²) >= 11 is 0. The molecular formula is C27H28N4O2. The smallest absolute Gasteiger partial charge is 0.240 e. The monoisotopic (exact) mass is 440 g/mol. The number of rotatable bonds is 7. The molecule has 0 bridgehead atoms. The number of aliphatic hydroxyl groups is 1. The zero-order valence-corrected chi connectivity index (χ0v) is 18.5. The molecule has 1 atom stereocenters. The number of piperidine rings is 1. The molecule has 3 heterocycles. The number of pyridine rings is 1. The van der Waals surface area contributed by atoms with Gasteiger partial charge in [0, 0.05) is 6.20 Å². The molecule has 6 heteroatoms. The van der Waals surface area contributed by atoms with Gasteiger partial charge in [-0.05, 0) is 55.1 Å². The van der Waals surface area contributed by atoms with E-state index in [1.54, 1.807) is 6.20 Å². The van der Waals surface area contributed by atoms with Gasteiger partial charge >= 0.3 is 0 Å². The van der Waals surface area contributed by atoms with E-state index in [2.05, 4.69) is 39.3 Å². The number of aromatic nitrogens is 3. The summed E-state index contributed by atoms with van der Waals surface area (Å²) in [5, 5.41) is 15.0. The molecule has 0 unspecified atom stereocenters. The van der Waals surface area contributed by atoms with Crippen molar-refractivity contribution in [3.8, 4) is 0 Å². The zero-order valence-electron chi connectivity index (χ0n) is 18.5. The van der Waals surface area contributed by atoms with E-state index in [1.165, 1.54) is 0 Å². The van der Waals surface area contributed by atoms with Gasteiger partial charge in [0.2, 0.25) is 5.89 Å². The predicted molar refractivity (Wildman–Crippen MR) is 125 cm³/mol. The third-order valence-electron chi connectivity index (χ3n) is 6.44. The lowest BCUT2D eigenvalue weighted by Gasteiger charge is -2.33. The van der Waals surface area contributed by atoms with Crippen molar-refractivity contribution in [3.63, 3.8) is 0 Å². The topological polar surface area (TPSA) is 75.3 Å². The van der Waals surface area contributed by atoms with E-state index >= 15 is 0 Å². The van der Waals surface area contributed by atoms with Gasteiger partial charge in [-0.1, -0.05) is 71.9 Å². The van der Waals surface area contributed by atoms with Crippen LogP contribution in [-0.2, 0) is 6.54 Å². The van der Waals surface area contributed by atoms with E-state index < -0.39 is 6.10 Å². The molecule has 1 saturated heterocycles. The van der Waals surface area contributed by atoms with Gasteiger partial charge in [-0.3, -0.25) is 9.88 Å². The van der Waals surface area contributed by atoms with Crippen molar-refractivity contribution < 1.29 is 9.63 Å². The second-order valence-electron chi connectivity index (χ2n) is 8.61. The minimum Gasteiger partial charge on any atom is -0.387 e. The van der Waals surface area contributed by atoms with E-state index in [0.29, 0.717) is 18.3 Å². The van der Waals surface area contributed by atoms with Crippen molar-refractivity contribution in [2.45, 2.75) is 31.4 Å². The quantitative estimate of drug-likeness (QED) is 0.453. The largest absolute Gasteiger partial charge is 0.387 e. The maximum atomic E-state index is 10.7. The third-order valence-corrected chi connectivity index (χ3v) is 6.44. The normalized spacial score (nSPS) is 16.2. The van der Waals surface area contributed by atoms with Crippen molar-refractivity contribution in [1.82, 2.24) is 20.0 Å². The van der Waals surface area contributed by atoms with Gasteiger partial charge in [0.25, 0.3) is 0 Å². The molecule has 2 aromatic carbocycles. The highest BCUT2D eigenvalue weighted by molar-refractivity contribution is 5.37. The highest BCUT2D eigenvalue weighted by Crippen LogP contribution is 2.32. The van der Waals surface area contributed by atoms with Crippen molar-refractivity contribution in [2.24, 2.45) is 5.92 Å². The average molecular weight is 441 g/mol. The number of hydrogen-bond acceptors (Lipinski definition) is 6. The standard InChI is InChI=1S/C27H28N4O2/c32-26(23-13-7-8-16-28-23)22-14-17-31(18-15-22)19-24-29-27(30-33-24)25(20-9-3-1-4-10-20)21-11-5-2-6-12-21/h1-13,16,22,25-26,32H,14-15,17-19H2/t26-/m0/s1. The molecule has 33 heavy (non-hydrogen) atoms. The van der Waals surface area contributed by atoms with Gasteiger partial charge in [-0.25, -0.2) is 0 Å². The molecule has 1 N–H and O–H groups in total. The van der Waals surface area contributed by atoms with Crippen LogP contribution in [0.3, 0.4) is 0 Å². The molecule has 0 aliphatic carbocycles. The first-order chi connectivity index (χ1) is 16.3. The third kappa shape index (κ3) is 5.02. The Bertz CT molecular complexity index is 1090. The zero-order chi connectivity index (χ0) is 22.5. The lowest BCUT2D eigenvalue weighted by atomic mass is 9.89. The molecule has 2 aromatic heterocycles. The summed E-state index contributed by atoms with van der Waals surface area (Å²) in [7, 11) is 0. The molecule has 168 valence electrons. The molecule has 5 rings (SSSR count). The first-order valence-corrected chi connectivity index (χ1v) is 11.5. The summed E-state index contributed by atoms with van der Waals surface area (Å²) < 4.78 is 5.67. The summed E-state index contributed by atoms with van der Waals surface area (Å²) in [6.45, 7) is 2.38. The first-order valence-electron chi connectivity index (χ1n) is 11.5. The van der Waals surface area contributed by atoms with Crippen molar-refractivity contribution in [1.29, 1.82) is 0 Å². The Morgan fingerprint density at radius 2 is 1.52 bits per heavy atom. The minimum absolute atomic E-state index is 0.0656. The van der Waals surface area contributed by atoms with Gasteiger partial charge < -0.3 is 9.63 Å². The maximum Gasteiger partial charge on any atom is 0.240 e. The molecule has 0 spiro atoms. The number of nitrogens with zero attached hydrogens (tertiary/aromatic N) is 4. The number of hydrogen-bond donors (Lipinski definition) is 1. The average Bonchev–Trinajstić information content (AvgIpc) is 3.34. The summed E-state index contributed by atoms with van der Waals surface area (Å²) in [5.41, 5.74) is 3.03. The Morgan fingerprint density at radius 1 is 0.879 bits per heavy atom. The van der Waals surface area contributed by atoms with Crippen LogP contribution in [-0.4, -0.2) is 38.2 Å². The van der Waals surface area contributed by atoms with Crippen LogP contribution >= 0.6 is 0 Å². The van der Waals surface area contributed by atoms with Crippen LogP contribution in [0.5, 0.6) is 0 Å². The first kappa shape index (κ1) is 21.5. The van der Waals surface area contributed by atoms with Crippen LogP contribution in [0.2, 0.25) is 0 Å². The van der Waals surface area contributed by atoms with Gasteiger partial charge in [-0.2, -0.15) is 4.98 Å². The maximum absolute atomic E-state index is 10.7. The molecule has 4 aromatic rings. The highest BCUT2D eigenvalue weighted by Gasteiger charge is 2.28. The summed E-state index contributed by atoms with van der Waals surface area (Å²) in [6, 6.07) is 26.3. The minimum atomic E-state index is -0.513. The van der Waals surface area contributed by atoms with Gasteiger partial charge in [-0.15, -0.1) is 0 Å². The summed E-state index contributed by atoms with van der Waals surface area (Å²) in [5.74, 6) is 1.47. The second-order valence-corrected chi connectivity index (χ2v) is 8.61.